The predicted molar refractivity (Wildman–Crippen MR) is 118 cm³/mol. The minimum absolute atomic E-state index is 0.367. The molecule has 1 aromatic carbocycles. The Morgan fingerprint density at radius 3 is 2.53 bits per heavy atom. The van der Waals surface area contributed by atoms with Crippen LogP contribution in [0.1, 0.15) is 26.3 Å². The number of carbonyl (C=O) groups is 1. The largest absolute Gasteiger partial charge is 0.444 e. The van der Waals surface area contributed by atoms with Gasteiger partial charge in [0.1, 0.15) is 11.4 Å². The third-order valence-electron chi connectivity index (χ3n) is 3.52. The zero-order valence-corrected chi connectivity index (χ0v) is 18.1. The summed E-state index contributed by atoms with van der Waals surface area (Å²) in [6.45, 7) is 5.84. The quantitative estimate of drug-likeness (QED) is 0.407. The molecule has 0 aliphatic heterocycles. The fourth-order valence-corrected chi connectivity index (χ4v) is 2.87. The summed E-state index contributed by atoms with van der Waals surface area (Å²) in [5, 5.41) is 16.6. The van der Waals surface area contributed by atoms with E-state index in [1.807, 2.05) is 6.07 Å². The summed E-state index contributed by atoms with van der Waals surface area (Å²) in [5.41, 5.74) is 0.991. The number of carbonyl (C=O) groups excluding carboxylic acids is 1. The third kappa shape index (κ3) is 6.78. The number of pyridine rings is 1. The Bertz CT molecular complexity index is 996. The maximum atomic E-state index is 11.8. The zero-order valence-electron chi connectivity index (χ0n) is 16.6. The van der Waals surface area contributed by atoms with E-state index in [0.717, 1.165) is 5.56 Å². The van der Waals surface area contributed by atoms with E-state index in [-0.39, 0.29) is 0 Å². The molecule has 3 rings (SSSR count). The van der Waals surface area contributed by atoms with Crippen LogP contribution < -0.4 is 16.0 Å². The number of rotatable bonds is 6. The van der Waals surface area contributed by atoms with Crippen LogP contribution in [-0.4, -0.2) is 31.9 Å². The average Bonchev–Trinajstić information content (AvgIpc) is 3.06. The van der Waals surface area contributed by atoms with Gasteiger partial charge in [0.2, 0.25) is 11.9 Å². The number of H-pyrrole nitrogens is 1. The number of halogens is 2. The van der Waals surface area contributed by atoms with Crippen molar-refractivity contribution in [3.8, 4) is 0 Å². The second kappa shape index (κ2) is 9.19. The average molecular weight is 450 g/mol. The number of ether oxygens (including phenoxy) is 1. The van der Waals surface area contributed by atoms with Crippen LogP contribution >= 0.6 is 23.2 Å². The molecule has 0 bridgehead atoms. The van der Waals surface area contributed by atoms with Gasteiger partial charge in [0.25, 0.3) is 0 Å². The number of aromatic amines is 1. The summed E-state index contributed by atoms with van der Waals surface area (Å²) < 4.78 is 5.19. The summed E-state index contributed by atoms with van der Waals surface area (Å²) >= 11 is 12.0. The van der Waals surface area contributed by atoms with Crippen LogP contribution in [0.5, 0.6) is 0 Å². The minimum Gasteiger partial charge on any atom is -0.444 e. The van der Waals surface area contributed by atoms with Gasteiger partial charge in [-0.25, -0.2) is 14.9 Å². The first kappa shape index (κ1) is 21.7. The lowest BCUT2D eigenvalue weighted by Crippen LogP contribution is -2.27. The Morgan fingerprint density at radius 1 is 1.17 bits per heavy atom. The van der Waals surface area contributed by atoms with Crippen LogP contribution in [-0.2, 0) is 11.3 Å². The molecule has 1 amide bonds. The molecule has 0 unspecified atom stereocenters. The first-order valence-corrected chi connectivity index (χ1v) is 9.76. The normalized spacial score (nSPS) is 11.1. The molecule has 0 radical (unpaired) electrons. The van der Waals surface area contributed by atoms with Crippen molar-refractivity contribution in [3.63, 3.8) is 0 Å². The van der Waals surface area contributed by atoms with E-state index in [4.69, 9.17) is 27.9 Å². The molecule has 0 aliphatic carbocycles. The maximum Gasteiger partial charge on any atom is 0.413 e. The molecule has 2 heterocycles. The summed E-state index contributed by atoms with van der Waals surface area (Å²) in [5.74, 6) is 1.24. The lowest BCUT2D eigenvalue weighted by Gasteiger charge is -2.19. The Kier molecular flexibility index (Phi) is 6.63. The van der Waals surface area contributed by atoms with Gasteiger partial charge in [-0.1, -0.05) is 29.3 Å². The molecule has 0 saturated heterocycles. The number of hydrogen-bond donors (Lipinski definition) is 4. The van der Waals surface area contributed by atoms with Gasteiger partial charge in [-0.3, -0.25) is 5.32 Å². The van der Waals surface area contributed by atoms with E-state index in [1.165, 1.54) is 0 Å². The highest BCUT2D eigenvalue weighted by molar-refractivity contribution is 6.35. The van der Waals surface area contributed by atoms with Crippen molar-refractivity contribution in [1.29, 1.82) is 0 Å². The fourth-order valence-electron chi connectivity index (χ4n) is 2.35. The van der Waals surface area contributed by atoms with Crippen LogP contribution in [0, 0.1) is 0 Å². The van der Waals surface area contributed by atoms with Crippen molar-refractivity contribution in [2.75, 3.05) is 16.0 Å². The highest BCUT2D eigenvalue weighted by atomic mass is 35.5. The SMILES string of the molecule is CC(C)(C)OC(=O)Nc1ccc(CNc2nc(Nc3cc(Cl)cc(Cl)c3)n[nH]2)cn1. The highest BCUT2D eigenvalue weighted by Crippen LogP contribution is 2.24. The second-order valence-corrected chi connectivity index (χ2v) is 8.20. The predicted octanol–water partition coefficient (Wildman–Crippen LogP) is 5.21. The first-order valence-electron chi connectivity index (χ1n) is 9.01. The standard InChI is InChI=1S/C19H21Cl2N7O2/c1-19(2,3)30-18(29)25-15-5-4-11(9-22-15)10-23-16-26-17(28-27-16)24-14-7-12(20)6-13(21)8-14/h4-9H,10H2,1-3H3,(H,22,25,29)(H3,23,24,26,27,28). The monoisotopic (exact) mass is 449 g/mol. The Balaban J connectivity index is 1.52. The summed E-state index contributed by atoms with van der Waals surface area (Å²) in [6, 6.07) is 8.60. The lowest BCUT2D eigenvalue weighted by molar-refractivity contribution is 0.0635. The summed E-state index contributed by atoms with van der Waals surface area (Å²) in [6.07, 6.45) is 1.09. The summed E-state index contributed by atoms with van der Waals surface area (Å²) in [4.78, 5) is 20.3. The molecule has 0 atom stereocenters. The van der Waals surface area contributed by atoms with E-state index >= 15 is 0 Å². The second-order valence-electron chi connectivity index (χ2n) is 7.32. The fraction of sp³-hybridized carbons (Fsp3) is 0.263. The first-order chi connectivity index (χ1) is 14.2. The van der Waals surface area contributed by atoms with Crippen LogP contribution in [0.2, 0.25) is 10.0 Å². The Labute approximate surface area is 183 Å². The van der Waals surface area contributed by atoms with Gasteiger partial charge in [-0.2, -0.15) is 4.98 Å². The topological polar surface area (TPSA) is 117 Å². The number of hydrogen-bond acceptors (Lipinski definition) is 7. The minimum atomic E-state index is -0.572. The molecule has 3 aromatic rings. The molecule has 0 saturated carbocycles. The van der Waals surface area contributed by atoms with Crippen LogP contribution in [0.15, 0.2) is 36.5 Å². The molecular weight excluding hydrogens is 429 g/mol. The molecule has 11 heteroatoms. The number of nitrogens with zero attached hydrogens (tertiary/aromatic N) is 3. The number of nitrogens with one attached hydrogen (secondary N) is 4. The molecular formula is C19H21Cl2N7O2. The Morgan fingerprint density at radius 2 is 1.90 bits per heavy atom. The van der Waals surface area contributed by atoms with E-state index < -0.39 is 11.7 Å². The van der Waals surface area contributed by atoms with Gasteiger partial charge < -0.3 is 15.4 Å². The lowest BCUT2D eigenvalue weighted by atomic mass is 10.2. The molecule has 2 aromatic heterocycles. The van der Waals surface area contributed by atoms with Gasteiger partial charge in [0.05, 0.1) is 0 Å². The number of anilines is 4. The molecule has 0 fully saturated rings. The molecule has 0 aliphatic rings. The Hall–Kier alpha value is -3.04. The molecule has 9 nitrogen and oxygen atoms in total. The van der Waals surface area contributed by atoms with Crippen LogP contribution in [0.25, 0.3) is 0 Å². The van der Waals surface area contributed by atoms with E-state index in [2.05, 4.69) is 36.1 Å². The van der Waals surface area contributed by atoms with Crippen molar-refractivity contribution in [3.05, 3.63) is 52.1 Å². The van der Waals surface area contributed by atoms with Crippen molar-refractivity contribution in [1.82, 2.24) is 20.2 Å². The van der Waals surface area contributed by atoms with E-state index in [0.29, 0.717) is 40.0 Å². The van der Waals surface area contributed by atoms with Crippen molar-refractivity contribution >= 4 is 52.7 Å². The van der Waals surface area contributed by atoms with Gasteiger partial charge in [0.15, 0.2) is 0 Å². The van der Waals surface area contributed by atoms with Gasteiger partial charge in [-0.15, -0.1) is 5.10 Å². The smallest absolute Gasteiger partial charge is 0.413 e. The number of amides is 1. The van der Waals surface area contributed by atoms with Crippen molar-refractivity contribution in [2.45, 2.75) is 32.9 Å². The van der Waals surface area contributed by atoms with Crippen LogP contribution in [0.4, 0.5) is 28.2 Å². The van der Waals surface area contributed by atoms with E-state index in [9.17, 15) is 4.79 Å². The van der Waals surface area contributed by atoms with Crippen molar-refractivity contribution < 1.29 is 9.53 Å². The summed E-state index contributed by atoms with van der Waals surface area (Å²) in [7, 11) is 0. The molecule has 158 valence electrons. The molecule has 30 heavy (non-hydrogen) atoms. The van der Waals surface area contributed by atoms with Gasteiger partial charge in [-0.05, 0) is 50.6 Å². The molecule has 4 N–H and O–H groups in total. The zero-order chi connectivity index (χ0) is 21.7. The third-order valence-corrected chi connectivity index (χ3v) is 3.95. The maximum absolute atomic E-state index is 11.8. The van der Waals surface area contributed by atoms with Crippen LogP contribution in [0.3, 0.4) is 0 Å². The van der Waals surface area contributed by atoms with Gasteiger partial charge >= 0.3 is 6.09 Å². The van der Waals surface area contributed by atoms with Gasteiger partial charge in [0, 0.05) is 28.5 Å². The van der Waals surface area contributed by atoms with E-state index in [1.54, 1.807) is 51.2 Å². The van der Waals surface area contributed by atoms with Crippen molar-refractivity contribution in [2.24, 2.45) is 0 Å². The number of aromatic nitrogens is 4. The highest BCUT2D eigenvalue weighted by Gasteiger charge is 2.16. The molecule has 0 spiro atoms. The number of benzene rings is 1.